The van der Waals surface area contributed by atoms with Crippen LogP contribution >= 0.6 is 0 Å². The first-order valence-electron chi connectivity index (χ1n) is 10.2. The van der Waals surface area contributed by atoms with Gasteiger partial charge in [0.25, 0.3) is 5.95 Å². The van der Waals surface area contributed by atoms with Gasteiger partial charge in [-0.05, 0) is 46.9 Å². The number of anilines is 1. The van der Waals surface area contributed by atoms with Gasteiger partial charge in [-0.1, -0.05) is 47.9 Å². The smallest absolute Gasteiger partial charge is 0.266 e. The van der Waals surface area contributed by atoms with Gasteiger partial charge >= 0.3 is 0 Å². The summed E-state index contributed by atoms with van der Waals surface area (Å²) >= 11 is 0. The van der Waals surface area contributed by atoms with E-state index in [9.17, 15) is 13.6 Å². The standard InChI is InChI=1S/C23H23F2N5O/c1-3-16-11-12-30(23-26-28-29(2)27-23)14-19(16)17-9-7-15(8-10-17)13-21(31)18-5-4-6-20(24)22(18)25/h4-10H,3,11-14H2,1-2H3. The number of tetrazole rings is 1. The van der Waals surface area contributed by atoms with E-state index in [4.69, 9.17) is 0 Å². The first-order chi connectivity index (χ1) is 15.0. The van der Waals surface area contributed by atoms with Gasteiger partial charge in [-0.3, -0.25) is 4.79 Å². The van der Waals surface area contributed by atoms with Crippen molar-refractivity contribution < 1.29 is 13.6 Å². The van der Waals surface area contributed by atoms with Crippen molar-refractivity contribution in [2.24, 2.45) is 7.05 Å². The van der Waals surface area contributed by atoms with Crippen LogP contribution < -0.4 is 4.90 Å². The van der Waals surface area contributed by atoms with E-state index in [2.05, 4.69) is 27.2 Å². The summed E-state index contributed by atoms with van der Waals surface area (Å²) < 4.78 is 27.3. The molecule has 3 aromatic rings. The van der Waals surface area contributed by atoms with E-state index in [1.54, 1.807) is 7.05 Å². The lowest BCUT2D eigenvalue weighted by Gasteiger charge is -2.30. The Bertz CT molecular complexity index is 1140. The van der Waals surface area contributed by atoms with Gasteiger partial charge in [-0.15, -0.1) is 5.10 Å². The first kappa shape index (κ1) is 20.8. The molecule has 1 aromatic heterocycles. The lowest BCUT2D eigenvalue weighted by molar-refractivity contribution is 0.0988. The summed E-state index contributed by atoms with van der Waals surface area (Å²) in [6.45, 7) is 3.66. The third-order valence-corrected chi connectivity index (χ3v) is 5.59. The Morgan fingerprint density at radius 3 is 2.58 bits per heavy atom. The summed E-state index contributed by atoms with van der Waals surface area (Å²) in [6.07, 6.45) is 1.88. The third kappa shape index (κ3) is 4.38. The number of hydrogen-bond donors (Lipinski definition) is 0. The van der Waals surface area contributed by atoms with E-state index in [0.29, 0.717) is 12.5 Å². The van der Waals surface area contributed by atoms with Crippen LogP contribution in [0.4, 0.5) is 14.7 Å². The van der Waals surface area contributed by atoms with Crippen LogP contribution in [-0.4, -0.2) is 39.1 Å². The van der Waals surface area contributed by atoms with Gasteiger partial charge in [-0.25, -0.2) is 8.78 Å². The predicted molar refractivity (Wildman–Crippen MR) is 114 cm³/mol. The lowest BCUT2D eigenvalue weighted by atomic mass is 9.91. The predicted octanol–water partition coefficient (Wildman–Crippen LogP) is 3.99. The highest BCUT2D eigenvalue weighted by molar-refractivity contribution is 5.97. The number of ketones is 1. The molecule has 1 aliphatic rings. The minimum Gasteiger partial charge on any atom is -0.334 e. The second kappa shape index (κ2) is 8.75. The van der Waals surface area contributed by atoms with Crippen molar-refractivity contribution in [1.82, 2.24) is 20.2 Å². The van der Waals surface area contributed by atoms with Crippen LogP contribution in [0.5, 0.6) is 0 Å². The molecule has 0 aliphatic carbocycles. The molecule has 0 saturated heterocycles. The number of carbonyl (C=O) groups is 1. The zero-order chi connectivity index (χ0) is 22.0. The van der Waals surface area contributed by atoms with E-state index in [0.717, 1.165) is 36.6 Å². The second-order valence-electron chi connectivity index (χ2n) is 7.58. The van der Waals surface area contributed by atoms with Crippen LogP contribution in [0.2, 0.25) is 0 Å². The van der Waals surface area contributed by atoms with Crippen LogP contribution in [-0.2, 0) is 13.5 Å². The topological polar surface area (TPSA) is 63.9 Å². The molecule has 0 atom stereocenters. The molecular weight excluding hydrogens is 400 g/mol. The van der Waals surface area contributed by atoms with Crippen molar-refractivity contribution in [3.05, 3.63) is 76.4 Å². The number of carbonyl (C=O) groups excluding carboxylic acids is 1. The van der Waals surface area contributed by atoms with Gasteiger partial charge in [0.2, 0.25) is 0 Å². The number of aryl methyl sites for hydroxylation is 1. The van der Waals surface area contributed by atoms with E-state index >= 15 is 0 Å². The van der Waals surface area contributed by atoms with Crippen molar-refractivity contribution in [1.29, 1.82) is 0 Å². The molecule has 0 N–H and O–H groups in total. The molecule has 1 aliphatic heterocycles. The van der Waals surface area contributed by atoms with Crippen LogP contribution in [0, 0.1) is 11.6 Å². The minimum absolute atomic E-state index is 0.00991. The van der Waals surface area contributed by atoms with Gasteiger partial charge in [0.15, 0.2) is 17.4 Å². The van der Waals surface area contributed by atoms with Gasteiger partial charge in [-0.2, -0.15) is 4.80 Å². The average Bonchev–Trinajstić information content (AvgIpc) is 3.22. The highest BCUT2D eigenvalue weighted by atomic mass is 19.2. The summed E-state index contributed by atoms with van der Waals surface area (Å²) in [5.41, 5.74) is 4.19. The van der Waals surface area contributed by atoms with E-state index in [-0.39, 0.29) is 12.0 Å². The first-order valence-corrected chi connectivity index (χ1v) is 10.2. The van der Waals surface area contributed by atoms with Gasteiger partial charge < -0.3 is 4.90 Å². The van der Waals surface area contributed by atoms with Crippen LogP contribution in [0.1, 0.15) is 41.3 Å². The van der Waals surface area contributed by atoms with Crippen molar-refractivity contribution >= 4 is 17.3 Å². The molecule has 6 nitrogen and oxygen atoms in total. The Hall–Kier alpha value is -3.42. The maximum Gasteiger partial charge on any atom is 0.266 e. The van der Waals surface area contributed by atoms with Gasteiger partial charge in [0.05, 0.1) is 12.6 Å². The van der Waals surface area contributed by atoms with Crippen molar-refractivity contribution in [3.8, 4) is 0 Å². The molecule has 0 radical (unpaired) electrons. The molecule has 31 heavy (non-hydrogen) atoms. The number of rotatable bonds is 6. The largest absolute Gasteiger partial charge is 0.334 e. The van der Waals surface area contributed by atoms with Crippen molar-refractivity contribution in [2.75, 3.05) is 18.0 Å². The van der Waals surface area contributed by atoms with E-state index in [1.807, 2.05) is 24.3 Å². The highest BCUT2D eigenvalue weighted by Gasteiger charge is 2.22. The molecule has 0 bridgehead atoms. The molecule has 0 unspecified atom stereocenters. The van der Waals surface area contributed by atoms with Gasteiger partial charge in [0.1, 0.15) is 0 Å². The number of hydrogen-bond acceptors (Lipinski definition) is 5. The fraction of sp³-hybridized carbons (Fsp3) is 0.304. The number of nitrogens with zero attached hydrogens (tertiary/aromatic N) is 5. The fourth-order valence-electron chi connectivity index (χ4n) is 3.88. The summed E-state index contributed by atoms with van der Waals surface area (Å²) in [6, 6.07) is 11.3. The number of aromatic nitrogens is 4. The highest BCUT2D eigenvalue weighted by Crippen LogP contribution is 2.30. The van der Waals surface area contributed by atoms with Crippen molar-refractivity contribution in [2.45, 2.75) is 26.2 Å². The number of benzene rings is 2. The Kier molecular flexibility index (Phi) is 5.88. The fourth-order valence-corrected chi connectivity index (χ4v) is 3.88. The molecule has 0 saturated carbocycles. The van der Waals surface area contributed by atoms with Crippen LogP contribution in [0.25, 0.3) is 5.57 Å². The third-order valence-electron chi connectivity index (χ3n) is 5.59. The molecule has 4 rings (SSSR count). The molecule has 160 valence electrons. The Balaban J connectivity index is 1.53. The quantitative estimate of drug-likeness (QED) is 0.561. The Morgan fingerprint density at radius 2 is 1.90 bits per heavy atom. The lowest BCUT2D eigenvalue weighted by Crippen LogP contribution is -2.32. The Labute approximate surface area is 179 Å². The Morgan fingerprint density at radius 1 is 1.13 bits per heavy atom. The zero-order valence-corrected chi connectivity index (χ0v) is 17.5. The maximum atomic E-state index is 13.9. The molecule has 0 amide bonds. The SMILES string of the molecule is CCC1=C(c2ccc(CC(=O)c3cccc(F)c3F)cc2)CN(c2nnn(C)n2)CC1. The van der Waals surface area contributed by atoms with E-state index < -0.39 is 17.4 Å². The molecule has 0 fully saturated rings. The van der Waals surface area contributed by atoms with Crippen LogP contribution in [0.3, 0.4) is 0 Å². The van der Waals surface area contributed by atoms with Crippen LogP contribution in [0.15, 0.2) is 48.0 Å². The molecular formula is C23H23F2N5O. The summed E-state index contributed by atoms with van der Waals surface area (Å²) in [7, 11) is 1.74. The normalized spacial score (nSPS) is 14.3. The molecule has 0 spiro atoms. The molecule has 2 aromatic carbocycles. The monoisotopic (exact) mass is 423 g/mol. The van der Waals surface area contributed by atoms with Gasteiger partial charge in [0, 0.05) is 19.5 Å². The zero-order valence-electron chi connectivity index (χ0n) is 17.5. The summed E-state index contributed by atoms with van der Waals surface area (Å²) in [4.78, 5) is 16.0. The average molecular weight is 423 g/mol. The molecule has 8 heteroatoms. The minimum atomic E-state index is -1.10. The number of halogens is 2. The van der Waals surface area contributed by atoms with Crippen molar-refractivity contribution in [3.63, 3.8) is 0 Å². The number of Topliss-reactive ketones (excluding diaryl/α,β-unsaturated/α-hetero) is 1. The molecule has 2 heterocycles. The maximum absolute atomic E-state index is 13.9. The second-order valence-corrected chi connectivity index (χ2v) is 7.58. The summed E-state index contributed by atoms with van der Waals surface area (Å²) in [5, 5.41) is 12.3. The summed E-state index contributed by atoms with van der Waals surface area (Å²) in [5.74, 6) is -1.95. The van der Waals surface area contributed by atoms with E-state index in [1.165, 1.54) is 28.1 Å².